The van der Waals surface area contributed by atoms with Crippen LogP contribution in [0.5, 0.6) is 5.75 Å². The third-order valence-electron chi connectivity index (χ3n) is 4.39. The number of anilines is 1. The number of nitrogens with zero attached hydrogens (tertiary/aromatic N) is 2. The standard InChI is InChI=1S/C20H24N4O3/c1-2-26-16-6-7-17-14(12-16)11-15(13-21)19(24-17)22-8-4-9-23-20(25)18-5-3-10-27-18/h6-7,11-12,18H,2-5,8-10H2,1H3,(H,22,24)(H,23,25)/t18-/m0/s1. The highest BCUT2D eigenvalue weighted by Gasteiger charge is 2.22. The number of hydrogen-bond acceptors (Lipinski definition) is 6. The van der Waals surface area contributed by atoms with Gasteiger partial charge in [0, 0.05) is 25.1 Å². The van der Waals surface area contributed by atoms with Gasteiger partial charge in [-0.15, -0.1) is 0 Å². The van der Waals surface area contributed by atoms with Gasteiger partial charge in [-0.1, -0.05) is 0 Å². The van der Waals surface area contributed by atoms with Crippen molar-refractivity contribution in [3.63, 3.8) is 0 Å². The van der Waals surface area contributed by atoms with Crippen molar-refractivity contribution in [2.75, 3.05) is 31.6 Å². The molecule has 1 aliphatic rings. The van der Waals surface area contributed by atoms with Crippen molar-refractivity contribution in [3.05, 3.63) is 29.8 Å². The number of hydrogen-bond donors (Lipinski definition) is 2. The maximum Gasteiger partial charge on any atom is 0.249 e. The van der Waals surface area contributed by atoms with Crippen molar-refractivity contribution < 1.29 is 14.3 Å². The second-order valence-corrected chi connectivity index (χ2v) is 6.36. The van der Waals surface area contributed by atoms with Gasteiger partial charge in [0.2, 0.25) is 5.91 Å². The van der Waals surface area contributed by atoms with Gasteiger partial charge in [-0.25, -0.2) is 4.98 Å². The van der Waals surface area contributed by atoms with Gasteiger partial charge in [0.05, 0.1) is 17.7 Å². The van der Waals surface area contributed by atoms with Gasteiger partial charge in [-0.3, -0.25) is 4.79 Å². The van der Waals surface area contributed by atoms with E-state index in [9.17, 15) is 10.1 Å². The normalized spacial score (nSPS) is 16.1. The van der Waals surface area contributed by atoms with Crippen LogP contribution < -0.4 is 15.4 Å². The van der Waals surface area contributed by atoms with Gasteiger partial charge in [0.25, 0.3) is 0 Å². The molecule has 142 valence electrons. The summed E-state index contributed by atoms with van der Waals surface area (Å²) in [5, 5.41) is 16.4. The predicted octanol–water partition coefficient (Wildman–Crippen LogP) is 2.60. The molecule has 1 amide bonds. The second kappa shape index (κ2) is 9.19. The van der Waals surface area contributed by atoms with Gasteiger partial charge >= 0.3 is 0 Å². The molecule has 0 unspecified atom stereocenters. The highest BCUT2D eigenvalue weighted by Crippen LogP contribution is 2.24. The van der Waals surface area contributed by atoms with Crippen molar-refractivity contribution in [2.24, 2.45) is 0 Å². The minimum Gasteiger partial charge on any atom is -0.494 e. The Kier molecular flexibility index (Phi) is 6.44. The molecule has 7 nitrogen and oxygen atoms in total. The summed E-state index contributed by atoms with van der Waals surface area (Å²) in [6.45, 7) is 4.34. The molecule has 2 heterocycles. The van der Waals surface area contributed by atoms with E-state index in [1.165, 1.54) is 0 Å². The molecular weight excluding hydrogens is 344 g/mol. The number of ether oxygens (including phenoxy) is 2. The minimum absolute atomic E-state index is 0.0425. The maximum atomic E-state index is 11.9. The Labute approximate surface area is 158 Å². The highest BCUT2D eigenvalue weighted by atomic mass is 16.5. The Balaban J connectivity index is 1.55. The summed E-state index contributed by atoms with van der Waals surface area (Å²) in [4.78, 5) is 16.4. The lowest BCUT2D eigenvalue weighted by molar-refractivity contribution is -0.130. The highest BCUT2D eigenvalue weighted by molar-refractivity contribution is 5.84. The minimum atomic E-state index is -0.299. The van der Waals surface area contributed by atoms with E-state index in [1.807, 2.05) is 31.2 Å². The monoisotopic (exact) mass is 368 g/mol. The molecule has 1 aliphatic heterocycles. The first-order chi connectivity index (χ1) is 13.2. The lowest BCUT2D eigenvalue weighted by Crippen LogP contribution is -2.35. The first kappa shape index (κ1) is 18.9. The number of pyridine rings is 1. The Morgan fingerprint density at radius 3 is 3.04 bits per heavy atom. The third kappa shape index (κ3) is 4.86. The number of benzene rings is 1. The summed E-state index contributed by atoms with van der Waals surface area (Å²) in [5.41, 5.74) is 1.28. The van der Waals surface area contributed by atoms with E-state index in [1.54, 1.807) is 0 Å². The molecule has 27 heavy (non-hydrogen) atoms. The Bertz CT molecular complexity index is 841. The van der Waals surface area contributed by atoms with Crippen LogP contribution >= 0.6 is 0 Å². The zero-order valence-corrected chi connectivity index (χ0v) is 15.5. The SMILES string of the molecule is CCOc1ccc2nc(NCCCNC(=O)[C@@H]3CCCO3)c(C#N)cc2c1. The number of fused-ring (bicyclic) bond motifs is 1. The molecule has 0 bridgehead atoms. The summed E-state index contributed by atoms with van der Waals surface area (Å²) in [6, 6.07) is 9.63. The molecule has 0 saturated carbocycles. The number of carbonyl (C=O) groups is 1. The molecule has 1 saturated heterocycles. The van der Waals surface area contributed by atoms with Crippen LogP contribution in [0.15, 0.2) is 24.3 Å². The van der Waals surface area contributed by atoms with E-state index in [0.29, 0.717) is 37.7 Å². The van der Waals surface area contributed by atoms with Crippen LogP contribution in [0, 0.1) is 11.3 Å². The Morgan fingerprint density at radius 1 is 1.41 bits per heavy atom. The molecule has 2 aromatic rings. The average molecular weight is 368 g/mol. The zero-order chi connectivity index (χ0) is 19.1. The van der Waals surface area contributed by atoms with E-state index in [4.69, 9.17) is 9.47 Å². The van der Waals surface area contributed by atoms with Gasteiger partial charge in [0.15, 0.2) is 0 Å². The van der Waals surface area contributed by atoms with Crippen LogP contribution in [-0.4, -0.2) is 43.3 Å². The first-order valence-electron chi connectivity index (χ1n) is 9.32. The average Bonchev–Trinajstić information content (AvgIpc) is 3.22. The van der Waals surface area contributed by atoms with Crippen molar-refractivity contribution >= 4 is 22.6 Å². The predicted molar refractivity (Wildman–Crippen MR) is 103 cm³/mol. The molecule has 1 aromatic heterocycles. The van der Waals surface area contributed by atoms with Crippen LogP contribution in [-0.2, 0) is 9.53 Å². The van der Waals surface area contributed by atoms with Crippen molar-refractivity contribution in [1.82, 2.24) is 10.3 Å². The Hall–Kier alpha value is -2.85. The summed E-state index contributed by atoms with van der Waals surface area (Å²) in [6.07, 6.45) is 2.16. The molecule has 7 heteroatoms. The van der Waals surface area contributed by atoms with Crippen molar-refractivity contribution in [2.45, 2.75) is 32.3 Å². The summed E-state index contributed by atoms with van der Waals surface area (Å²) < 4.78 is 10.8. The first-order valence-corrected chi connectivity index (χ1v) is 9.32. The molecule has 1 atom stereocenters. The van der Waals surface area contributed by atoms with Crippen LogP contribution in [0.4, 0.5) is 5.82 Å². The smallest absolute Gasteiger partial charge is 0.249 e. The topological polar surface area (TPSA) is 96.3 Å². The van der Waals surface area contributed by atoms with Gasteiger partial charge in [-0.05, 0) is 50.5 Å². The van der Waals surface area contributed by atoms with Gasteiger partial charge in [-0.2, -0.15) is 5.26 Å². The largest absolute Gasteiger partial charge is 0.494 e. The lowest BCUT2D eigenvalue weighted by Gasteiger charge is -2.12. The van der Waals surface area contributed by atoms with E-state index in [0.717, 1.165) is 35.9 Å². The summed E-state index contributed by atoms with van der Waals surface area (Å²) in [7, 11) is 0. The third-order valence-corrected chi connectivity index (χ3v) is 4.39. The van der Waals surface area contributed by atoms with Crippen LogP contribution in [0.25, 0.3) is 10.9 Å². The molecule has 1 fully saturated rings. The maximum absolute atomic E-state index is 11.9. The number of nitriles is 1. The van der Waals surface area contributed by atoms with Gasteiger partial charge in [0.1, 0.15) is 23.7 Å². The molecular formula is C20H24N4O3. The number of amides is 1. The fraction of sp³-hybridized carbons (Fsp3) is 0.450. The molecule has 2 N–H and O–H groups in total. The summed E-state index contributed by atoms with van der Waals surface area (Å²) in [5.74, 6) is 1.28. The second-order valence-electron chi connectivity index (χ2n) is 6.36. The number of carbonyl (C=O) groups excluding carboxylic acids is 1. The van der Waals surface area contributed by atoms with Gasteiger partial charge < -0.3 is 20.1 Å². The molecule has 0 radical (unpaired) electrons. The summed E-state index contributed by atoms with van der Waals surface area (Å²) >= 11 is 0. The molecule has 1 aromatic carbocycles. The fourth-order valence-electron chi connectivity index (χ4n) is 3.04. The van der Waals surface area contributed by atoms with E-state index >= 15 is 0 Å². The van der Waals surface area contributed by atoms with Crippen LogP contribution in [0.2, 0.25) is 0 Å². The quantitative estimate of drug-likeness (QED) is 0.695. The number of rotatable bonds is 8. The molecule has 0 aliphatic carbocycles. The number of aromatic nitrogens is 1. The molecule has 3 rings (SSSR count). The van der Waals surface area contributed by atoms with E-state index in [2.05, 4.69) is 21.7 Å². The molecule has 0 spiro atoms. The number of nitrogens with one attached hydrogen (secondary N) is 2. The lowest BCUT2D eigenvalue weighted by atomic mass is 10.1. The van der Waals surface area contributed by atoms with E-state index < -0.39 is 0 Å². The van der Waals surface area contributed by atoms with E-state index in [-0.39, 0.29) is 12.0 Å². The van der Waals surface area contributed by atoms with Crippen LogP contribution in [0.3, 0.4) is 0 Å². The fourth-order valence-corrected chi connectivity index (χ4v) is 3.04. The van der Waals surface area contributed by atoms with Crippen LogP contribution in [0.1, 0.15) is 31.7 Å². The van der Waals surface area contributed by atoms with Crippen molar-refractivity contribution in [3.8, 4) is 11.8 Å². The Morgan fingerprint density at radius 2 is 2.30 bits per heavy atom. The van der Waals surface area contributed by atoms with Crippen molar-refractivity contribution in [1.29, 1.82) is 5.26 Å². The zero-order valence-electron chi connectivity index (χ0n) is 15.5.